The van der Waals surface area contributed by atoms with Crippen molar-refractivity contribution in [3.05, 3.63) is 59.9 Å². The van der Waals surface area contributed by atoms with Gasteiger partial charge in [-0.2, -0.15) is 0 Å². The van der Waals surface area contributed by atoms with Crippen LogP contribution in [0.1, 0.15) is 37.3 Å². The Morgan fingerprint density at radius 1 is 1.22 bits per heavy atom. The molecule has 0 saturated carbocycles. The topological polar surface area (TPSA) is 61.0 Å². The number of H-pyrrole nitrogens is 1. The number of rotatable bonds is 5. The minimum absolute atomic E-state index is 0.00245. The Balaban J connectivity index is 1.39. The molecular formula is C22H26N4O. The lowest BCUT2D eigenvalue weighted by Gasteiger charge is -2.33. The van der Waals surface area contributed by atoms with Crippen LogP contribution in [0.2, 0.25) is 0 Å². The zero-order valence-corrected chi connectivity index (χ0v) is 15.7. The fourth-order valence-electron chi connectivity index (χ4n) is 3.86. The predicted octanol–water partition coefficient (Wildman–Crippen LogP) is 4.12. The molecule has 2 heterocycles. The van der Waals surface area contributed by atoms with Crippen molar-refractivity contribution in [3.8, 4) is 0 Å². The molecule has 4 rings (SSSR count). The van der Waals surface area contributed by atoms with Crippen molar-refractivity contribution in [1.29, 1.82) is 0 Å². The number of carbonyl (C=O) groups is 1. The molecular weight excluding hydrogens is 336 g/mol. The molecule has 3 aromatic rings. The summed E-state index contributed by atoms with van der Waals surface area (Å²) in [6, 6.07) is 14.7. The molecule has 0 bridgehead atoms. The molecule has 2 aromatic carbocycles. The van der Waals surface area contributed by atoms with Crippen LogP contribution in [0.5, 0.6) is 0 Å². The largest absolute Gasteiger partial charge is 0.345 e. The van der Waals surface area contributed by atoms with Crippen molar-refractivity contribution >= 4 is 22.6 Å². The first-order valence-corrected chi connectivity index (χ1v) is 9.72. The molecule has 1 atom stereocenters. The van der Waals surface area contributed by atoms with Gasteiger partial charge in [0, 0.05) is 18.3 Å². The number of amides is 1. The third kappa shape index (κ3) is 4.37. The van der Waals surface area contributed by atoms with Crippen LogP contribution in [0.15, 0.2) is 48.8 Å². The van der Waals surface area contributed by atoms with E-state index in [1.807, 2.05) is 30.3 Å². The average molecular weight is 362 g/mol. The molecule has 0 spiro atoms. The Morgan fingerprint density at radius 2 is 2.15 bits per heavy atom. The van der Waals surface area contributed by atoms with Crippen LogP contribution < -0.4 is 5.32 Å². The van der Waals surface area contributed by atoms with Crippen molar-refractivity contribution in [3.63, 3.8) is 0 Å². The molecule has 1 aromatic heterocycles. The van der Waals surface area contributed by atoms with Crippen LogP contribution in [0, 0.1) is 0 Å². The first kappa shape index (κ1) is 17.7. The van der Waals surface area contributed by atoms with Gasteiger partial charge in [-0.1, -0.05) is 24.6 Å². The summed E-state index contributed by atoms with van der Waals surface area (Å²) in [6.07, 6.45) is 5.90. The van der Waals surface area contributed by atoms with E-state index in [4.69, 9.17) is 0 Å². The van der Waals surface area contributed by atoms with Gasteiger partial charge in [0.25, 0.3) is 0 Å². The number of hydrogen-bond donors (Lipinski definition) is 2. The standard InChI is InChI=1S/C22H26N4O/c1-16-5-2-3-10-26(16)14-18-6-4-7-19(11-18)25-22(27)13-17-8-9-20-21(12-17)24-15-23-20/h4,6-9,11-12,15-16H,2-3,5,10,13-14H2,1H3,(H,23,24)(H,25,27). The monoisotopic (exact) mass is 362 g/mol. The molecule has 5 heteroatoms. The number of piperidine rings is 1. The Bertz CT molecular complexity index is 933. The number of fused-ring (bicyclic) bond motifs is 1. The van der Waals surface area contributed by atoms with Crippen LogP contribution in [-0.4, -0.2) is 33.4 Å². The third-order valence-electron chi connectivity index (χ3n) is 5.39. The molecule has 0 aliphatic carbocycles. The predicted molar refractivity (Wildman–Crippen MR) is 109 cm³/mol. The van der Waals surface area contributed by atoms with E-state index in [-0.39, 0.29) is 5.91 Å². The minimum atomic E-state index is -0.00245. The van der Waals surface area contributed by atoms with Gasteiger partial charge in [-0.3, -0.25) is 9.69 Å². The zero-order chi connectivity index (χ0) is 18.6. The number of nitrogens with one attached hydrogen (secondary N) is 2. The van der Waals surface area contributed by atoms with E-state index in [0.717, 1.165) is 35.4 Å². The van der Waals surface area contributed by atoms with Gasteiger partial charge in [0.2, 0.25) is 5.91 Å². The summed E-state index contributed by atoms with van der Waals surface area (Å²) in [7, 11) is 0. The summed E-state index contributed by atoms with van der Waals surface area (Å²) in [5.41, 5.74) is 4.96. The van der Waals surface area contributed by atoms with Crippen LogP contribution in [-0.2, 0) is 17.8 Å². The molecule has 1 saturated heterocycles. The van der Waals surface area contributed by atoms with E-state index in [0.29, 0.717) is 12.5 Å². The minimum Gasteiger partial charge on any atom is -0.345 e. The van der Waals surface area contributed by atoms with Crippen molar-refractivity contribution in [1.82, 2.24) is 14.9 Å². The number of anilines is 1. The van der Waals surface area contributed by atoms with E-state index in [2.05, 4.69) is 39.2 Å². The molecule has 2 N–H and O–H groups in total. The number of likely N-dealkylation sites (tertiary alicyclic amines) is 1. The van der Waals surface area contributed by atoms with Gasteiger partial charge in [0.15, 0.2) is 0 Å². The van der Waals surface area contributed by atoms with Crippen molar-refractivity contribution in [2.75, 3.05) is 11.9 Å². The lowest BCUT2D eigenvalue weighted by atomic mass is 10.0. The first-order valence-electron chi connectivity index (χ1n) is 9.72. The Kier molecular flexibility index (Phi) is 5.21. The van der Waals surface area contributed by atoms with Crippen molar-refractivity contribution < 1.29 is 4.79 Å². The van der Waals surface area contributed by atoms with Gasteiger partial charge < -0.3 is 10.3 Å². The van der Waals surface area contributed by atoms with Crippen LogP contribution in [0.4, 0.5) is 5.69 Å². The molecule has 1 aliphatic rings. The number of aromatic amines is 1. The second kappa shape index (κ2) is 7.92. The van der Waals surface area contributed by atoms with E-state index < -0.39 is 0 Å². The molecule has 1 amide bonds. The molecule has 1 aliphatic heterocycles. The number of hydrogen-bond acceptors (Lipinski definition) is 3. The normalized spacial score (nSPS) is 17.9. The summed E-state index contributed by atoms with van der Waals surface area (Å²) in [6.45, 7) is 4.41. The fraction of sp³-hybridized carbons (Fsp3) is 0.364. The fourth-order valence-corrected chi connectivity index (χ4v) is 3.86. The lowest BCUT2D eigenvalue weighted by molar-refractivity contribution is -0.115. The highest BCUT2D eigenvalue weighted by molar-refractivity contribution is 5.92. The maximum atomic E-state index is 12.5. The number of benzene rings is 2. The third-order valence-corrected chi connectivity index (χ3v) is 5.39. The lowest BCUT2D eigenvalue weighted by Crippen LogP contribution is -2.36. The summed E-state index contributed by atoms with van der Waals surface area (Å²) in [5.74, 6) is -0.00245. The summed E-state index contributed by atoms with van der Waals surface area (Å²) in [5, 5.41) is 3.04. The van der Waals surface area contributed by atoms with E-state index in [1.54, 1.807) is 6.33 Å². The van der Waals surface area contributed by atoms with E-state index >= 15 is 0 Å². The van der Waals surface area contributed by atoms with Gasteiger partial charge in [0.1, 0.15) is 0 Å². The Labute approximate surface area is 159 Å². The van der Waals surface area contributed by atoms with E-state index in [1.165, 1.54) is 24.8 Å². The van der Waals surface area contributed by atoms with Crippen LogP contribution in [0.3, 0.4) is 0 Å². The molecule has 140 valence electrons. The summed E-state index contributed by atoms with van der Waals surface area (Å²) in [4.78, 5) is 22.3. The number of carbonyl (C=O) groups excluding carboxylic acids is 1. The first-order chi connectivity index (χ1) is 13.2. The second-order valence-corrected chi connectivity index (χ2v) is 7.49. The van der Waals surface area contributed by atoms with Crippen LogP contribution in [0.25, 0.3) is 11.0 Å². The van der Waals surface area contributed by atoms with Crippen molar-refractivity contribution in [2.45, 2.75) is 45.2 Å². The Morgan fingerprint density at radius 3 is 3.04 bits per heavy atom. The van der Waals surface area contributed by atoms with Gasteiger partial charge in [-0.25, -0.2) is 4.98 Å². The second-order valence-electron chi connectivity index (χ2n) is 7.49. The van der Waals surface area contributed by atoms with E-state index in [9.17, 15) is 4.79 Å². The highest BCUT2D eigenvalue weighted by atomic mass is 16.1. The van der Waals surface area contributed by atoms with Gasteiger partial charge in [0.05, 0.1) is 23.8 Å². The molecule has 1 fully saturated rings. The maximum Gasteiger partial charge on any atom is 0.228 e. The molecule has 5 nitrogen and oxygen atoms in total. The summed E-state index contributed by atoms with van der Waals surface area (Å²) < 4.78 is 0. The molecule has 27 heavy (non-hydrogen) atoms. The number of imidazole rings is 1. The quantitative estimate of drug-likeness (QED) is 0.718. The SMILES string of the molecule is CC1CCCCN1Cc1cccc(NC(=O)Cc2ccc3nc[nH]c3c2)c1. The smallest absolute Gasteiger partial charge is 0.228 e. The van der Waals surface area contributed by atoms with Gasteiger partial charge in [-0.15, -0.1) is 0 Å². The average Bonchev–Trinajstić information content (AvgIpc) is 3.12. The van der Waals surface area contributed by atoms with Crippen LogP contribution >= 0.6 is 0 Å². The van der Waals surface area contributed by atoms with Crippen molar-refractivity contribution in [2.24, 2.45) is 0 Å². The van der Waals surface area contributed by atoms with Gasteiger partial charge in [-0.05, 0) is 61.7 Å². The molecule has 1 unspecified atom stereocenters. The van der Waals surface area contributed by atoms with Gasteiger partial charge >= 0.3 is 0 Å². The highest BCUT2D eigenvalue weighted by Crippen LogP contribution is 2.21. The number of aromatic nitrogens is 2. The summed E-state index contributed by atoms with van der Waals surface area (Å²) >= 11 is 0. The number of nitrogens with zero attached hydrogens (tertiary/aromatic N) is 2. The molecule has 0 radical (unpaired) electrons. The zero-order valence-electron chi connectivity index (χ0n) is 15.7. The highest BCUT2D eigenvalue weighted by Gasteiger charge is 2.18. The maximum absolute atomic E-state index is 12.5. The Hall–Kier alpha value is -2.66.